The number of thiazole rings is 1. The standard InChI is InChI=1S/C26H26F2N4O5S/c1-2-37-26(35)22-20(11-32-16-7-14(9-21(33)34)8-17(32)13-36-12-16)30-24(25-29-5-6-38-25)31-23(22)15-3-4-18(27)19(28)10-15/h3-6,10,14,16-17H,2,7-9,11-13H2,1H3,(H,33,34)/t14?,16-,17?/m0/s1. The molecule has 3 atom stereocenters. The molecule has 2 fully saturated rings. The van der Waals surface area contributed by atoms with E-state index in [1.807, 2.05) is 0 Å². The Kier molecular flexibility index (Phi) is 7.73. The third-order valence-corrected chi connectivity index (χ3v) is 7.61. The van der Waals surface area contributed by atoms with Crippen LogP contribution in [-0.2, 0) is 20.8 Å². The Morgan fingerprint density at radius 3 is 2.58 bits per heavy atom. The van der Waals surface area contributed by atoms with Crippen molar-refractivity contribution in [2.45, 2.75) is 44.8 Å². The number of morpholine rings is 1. The number of aromatic nitrogens is 3. The van der Waals surface area contributed by atoms with Crippen LogP contribution in [0.15, 0.2) is 29.8 Å². The zero-order chi connectivity index (χ0) is 26.8. The summed E-state index contributed by atoms with van der Waals surface area (Å²) in [5.74, 6) is -3.30. The van der Waals surface area contributed by atoms with Crippen LogP contribution in [-0.4, -0.2) is 68.8 Å². The van der Waals surface area contributed by atoms with Gasteiger partial charge in [-0.05, 0) is 43.9 Å². The number of carbonyl (C=O) groups excluding carboxylic acids is 1. The van der Waals surface area contributed by atoms with Crippen molar-refractivity contribution >= 4 is 23.3 Å². The van der Waals surface area contributed by atoms with Gasteiger partial charge in [0.1, 0.15) is 5.56 Å². The van der Waals surface area contributed by atoms with E-state index in [1.54, 1.807) is 18.5 Å². The first-order valence-corrected chi connectivity index (χ1v) is 13.2. The van der Waals surface area contributed by atoms with E-state index in [-0.39, 0.29) is 60.2 Å². The van der Waals surface area contributed by atoms with Crippen LogP contribution in [0.5, 0.6) is 0 Å². The molecule has 2 aromatic heterocycles. The van der Waals surface area contributed by atoms with Gasteiger partial charge in [-0.15, -0.1) is 11.3 Å². The number of hydrogen-bond acceptors (Lipinski definition) is 9. The number of carboxylic acids is 1. The highest BCUT2D eigenvalue weighted by atomic mass is 32.1. The lowest BCUT2D eigenvalue weighted by atomic mass is 9.83. The number of rotatable bonds is 8. The third-order valence-electron chi connectivity index (χ3n) is 6.85. The molecule has 0 radical (unpaired) electrons. The summed E-state index contributed by atoms with van der Waals surface area (Å²) in [7, 11) is 0. The van der Waals surface area contributed by atoms with Crippen LogP contribution >= 0.6 is 11.3 Å². The highest BCUT2D eigenvalue weighted by molar-refractivity contribution is 7.13. The van der Waals surface area contributed by atoms with Crippen LogP contribution in [0.3, 0.4) is 0 Å². The molecule has 0 spiro atoms. The van der Waals surface area contributed by atoms with Crippen LogP contribution in [0.1, 0.15) is 42.2 Å². The molecular formula is C26H26F2N4O5S. The van der Waals surface area contributed by atoms with Gasteiger partial charge in [0, 0.05) is 42.2 Å². The maximum absolute atomic E-state index is 14.3. The third kappa shape index (κ3) is 5.42. The average Bonchev–Trinajstić information content (AvgIpc) is 3.41. The second-order valence-corrected chi connectivity index (χ2v) is 10.3. The van der Waals surface area contributed by atoms with Gasteiger partial charge in [-0.25, -0.2) is 28.5 Å². The SMILES string of the molecule is CCOC(=O)c1c(CN2C3COC[C@@H]2CC(CC(=O)O)C3)nc(-c2nccs2)nc1-c1ccc(F)c(F)c1. The van der Waals surface area contributed by atoms with Gasteiger partial charge in [-0.3, -0.25) is 9.69 Å². The molecule has 0 aliphatic carbocycles. The summed E-state index contributed by atoms with van der Waals surface area (Å²) in [6, 6.07) is 3.22. The average molecular weight is 545 g/mol. The van der Waals surface area contributed by atoms with Crippen LogP contribution in [0, 0.1) is 17.6 Å². The largest absolute Gasteiger partial charge is 0.481 e. The number of hydrogen-bond donors (Lipinski definition) is 1. The number of halogens is 2. The fraction of sp³-hybridized carbons (Fsp3) is 0.423. The quantitative estimate of drug-likeness (QED) is 0.417. The van der Waals surface area contributed by atoms with Crippen molar-refractivity contribution in [3.63, 3.8) is 0 Å². The number of esters is 1. The maximum atomic E-state index is 14.3. The number of ether oxygens (including phenoxy) is 2. The first-order valence-electron chi connectivity index (χ1n) is 12.3. The predicted octanol–water partition coefficient (Wildman–Crippen LogP) is 4.18. The van der Waals surface area contributed by atoms with Gasteiger partial charge in [0.05, 0.1) is 31.2 Å². The Balaban J connectivity index is 1.61. The molecule has 12 heteroatoms. The Bertz CT molecular complexity index is 1330. The molecule has 9 nitrogen and oxygen atoms in total. The fourth-order valence-electron chi connectivity index (χ4n) is 5.27. The number of fused-ring (bicyclic) bond motifs is 2. The van der Waals surface area contributed by atoms with E-state index < -0.39 is 23.6 Å². The molecule has 0 amide bonds. The molecule has 0 saturated carbocycles. The summed E-state index contributed by atoms with van der Waals surface area (Å²) in [5, 5.41) is 11.6. The van der Waals surface area contributed by atoms with Gasteiger partial charge in [-0.1, -0.05) is 0 Å². The number of aliphatic carboxylic acids is 1. The number of carbonyl (C=O) groups is 2. The molecule has 2 unspecified atom stereocenters. The van der Waals surface area contributed by atoms with Crippen LogP contribution < -0.4 is 0 Å². The molecule has 2 saturated heterocycles. The molecule has 2 aliphatic rings. The normalized spacial score (nSPS) is 21.3. The number of nitrogens with zero attached hydrogens (tertiary/aromatic N) is 4. The van der Waals surface area contributed by atoms with Crippen molar-refractivity contribution in [3.05, 3.63) is 52.7 Å². The smallest absolute Gasteiger partial charge is 0.342 e. The molecule has 4 heterocycles. The number of piperidine rings is 1. The number of benzene rings is 1. The second kappa shape index (κ2) is 11.2. The van der Waals surface area contributed by atoms with E-state index in [2.05, 4.69) is 14.9 Å². The Hall–Kier alpha value is -3.35. The first kappa shape index (κ1) is 26.3. The van der Waals surface area contributed by atoms with Gasteiger partial charge < -0.3 is 14.6 Å². The minimum absolute atomic E-state index is 0.0289. The van der Waals surface area contributed by atoms with E-state index in [0.717, 1.165) is 12.1 Å². The minimum atomic E-state index is -1.07. The van der Waals surface area contributed by atoms with Crippen LogP contribution in [0.25, 0.3) is 22.1 Å². The van der Waals surface area contributed by atoms with Crippen molar-refractivity contribution in [3.8, 4) is 22.1 Å². The van der Waals surface area contributed by atoms with Crippen LogP contribution in [0.2, 0.25) is 0 Å². The summed E-state index contributed by atoms with van der Waals surface area (Å²) < 4.78 is 39.2. The number of carboxylic acid groups (broad SMARTS) is 1. The summed E-state index contributed by atoms with van der Waals surface area (Å²) in [6.45, 7) is 2.88. The molecule has 5 rings (SSSR count). The van der Waals surface area contributed by atoms with Gasteiger partial charge in [0.25, 0.3) is 0 Å². The van der Waals surface area contributed by atoms with E-state index in [1.165, 1.54) is 17.4 Å². The molecule has 2 bridgehead atoms. The summed E-state index contributed by atoms with van der Waals surface area (Å²) in [5.41, 5.74) is 0.776. The highest BCUT2D eigenvalue weighted by Crippen LogP contribution is 2.36. The Morgan fingerprint density at radius 2 is 1.95 bits per heavy atom. The Morgan fingerprint density at radius 1 is 1.18 bits per heavy atom. The van der Waals surface area contributed by atoms with Gasteiger partial charge in [0.15, 0.2) is 22.5 Å². The van der Waals surface area contributed by atoms with Gasteiger partial charge >= 0.3 is 11.9 Å². The fourth-order valence-corrected chi connectivity index (χ4v) is 5.84. The molecule has 2 aliphatic heterocycles. The van der Waals surface area contributed by atoms with Crippen molar-refractivity contribution < 1.29 is 33.0 Å². The summed E-state index contributed by atoms with van der Waals surface area (Å²) in [6.07, 6.45) is 2.97. The molecule has 3 aromatic rings. The van der Waals surface area contributed by atoms with Crippen molar-refractivity contribution in [1.29, 1.82) is 0 Å². The summed E-state index contributed by atoms with van der Waals surface area (Å²) >= 11 is 1.31. The topological polar surface area (TPSA) is 115 Å². The predicted molar refractivity (Wildman–Crippen MR) is 133 cm³/mol. The lowest BCUT2D eigenvalue weighted by molar-refractivity contribution is -0.141. The molecule has 38 heavy (non-hydrogen) atoms. The van der Waals surface area contributed by atoms with Crippen molar-refractivity contribution in [2.75, 3.05) is 19.8 Å². The first-order chi connectivity index (χ1) is 18.3. The molecular weight excluding hydrogens is 518 g/mol. The zero-order valence-electron chi connectivity index (χ0n) is 20.6. The Labute approximate surface area is 221 Å². The highest BCUT2D eigenvalue weighted by Gasteiger charge is 2.40. The van der Waals surface area contributed by atoms with E-state index in [0.29, 0.717) is 36.8 Å². The van der Waals surface area contributed by atoms with Crippen molar-refractivity contribution in [2.24, 2.45) is 5.92 Å². The van der Waals surface area contributed by atoms with Gasteiger partial charge in [0.2, 0.25) is 0 Å². The monoisotopic (exact) mass is 544 g/mol. The van der Waals surface area contributed by atoms with E-state index in [4.69, 9.17) is 14.5 Å². The second-order valence-electron chi connectivity index (χ2n) is 9.36. The van der Waals surface area contributed by atoms with Crippen molar-refractivity contribution in [1.82, 2.24) is 19.9 Å². The molecule has 1 aromatic carbocycles. The van der Waals surface area contributed by atoms with E-state index in [9.17, 15) is 23.5 Å². The van der Waals surface area contributed by atoms with E-state index >= 15 is 0 Å². The lowest BCUT2D eigenvalue weighted by Gasteiger charge is -2.48. The lowest BCUT2D eigenvalue weighted by Crippen LogP contribution is -2.56. The molecule has 1 N–H and O–H groups in total. The summed E-state index contributed by atoms with van der Waals surface area (Å²) in [4.78, 5) is 40.4. The zero-order valence-corrected chi connectivity index (χ0v) is 21.4. The maximum Gasteiger partial charge on any atom is 0.342 e. The van der Waals surface area contributed by atoms with Crippen LogP contribution in [0.4, 0.5) is 8.78 Å². The molecule has 200 valence electrons. The van der Waals surface area contributed by atoms with Gasteiger partial charge in [-0.2, -0.15) is 0 Å². The minimum Gasteiger partial charge on any atom is -0.481 e.